The maximum Gasteiger partial charge on any atom is 0.0518 e. The molecule has 0 amide bonds. The fourth-order valence-corrected chi connectivity index (χ4v) is 3.86. The highest BCUT2D eigenvalue weighted by molar-refractivity contribution is 7.99. The molecule has 158 valence electrons. The molecule has 0 aliphatic heterocycles. The van der Waals surface area contributed by atoms with Crippen LogP contribution in [0, 0.1) is 11.8 Å². The molecule has 1 aromatic rings. The Bertz CT molecular complexity index is 557. The summed E-state index contributed by atoms with van der Waals surface area (Å²) in [6, 6.07) is 8.73. The van der Waals surface area contributed by atoms with E-state index in [9.17, 15) is 0 Å². The molecule has 0 aromatic heterocycles. The Balaban J connectivity index is 1.94. The number of hydrogen-bond acceptors (Lipinski definition) is 2. The van der Waals surface area contributed by atoms with Crippen LogP contribution in [0.25, 0.3) is 0 Å². The predicted molar refractivity (Wildman–Crippen MR) is 127 cm³/mol. The molecule has 0 saturated heterocycles. The van der Waals surface area contributed by atoms with Gasteiger partial charge in [-0.05, 0) is 67.7 Å². The van der Waals surface area contributed by atoms with Crippen LogP contribution in [0.2, 0.25) is 0 Å². The van der Waals surface area contributed by atoms with Crippen LogP contribution in [0.15, 0.2) is 24.3 Å². The fraction of sp³-hybridized carbons (Fsp3) is 0.692. The first-order valence-electron chi connectivity index (χ1n) is 11.2. The minimum atomic E-state index is 0.215. The molecule has 0 saturated carbocycles. The molecule has 0 aliphatic carbocycles. The van der Waals surface area contributed by atoms with Gasteiger partial charge in [-0.15, -0.1) is 0 Å². The molecule has 0 bridgehead atoms. The number of ether oxygens (including phenoxy) is 1. The summed E-state index contributed by atoms with van der Waals surface area (Å²) in [5, 5.41) is 0. The average molecular weight is 403 g/mol. The molecule has 0 unspecified atom stereocenters. The van der Waals surface area contributed by atoms with Crippen LogP contribution in [-0.2, 0) is 10.2 Å². The molecular weight excluding hydrogens is 360 g/mol. The van der Waals surface area contributed by atoms with Gasteiger partial charge in [-0.1, -0.05) is 70.4 Å². The molecule has 0 N–H and O–H groups in total. The number of hydrogen-bond donors (Lipinski definition) is 0. The summed E-state index contributed by atoms with van der Waals surface area (Å²) in [5.74, 6) is 9.19. The van der Waals surface area contributed by atoms with Crippen LogP contribution in [-0.4, -0.2) is 24.2 Å². The fourth-order valence-electron chi connectivity index (χ4n) is 2.92. The van der Waals surface area contributed by atoms with Crippen molar-refractivity contribution in [2.75, 3.05) is 18.1 Å². The van der Waals surface area contributed by atoms with Crippen LogP contribution in [0.1, 0.15) is 97.1 Å². The number of unbranched alkanes of at least 4 members (excludes halogenated alkanes) is 6. The van der Waals surface area contributed by atoms with Gasteiger partial charge in [0.1, 0.15) is 0 Å². The highest BCUT2D eigenvalue weighted by Gasteiger charge is 2.12. The van der Waals surface area contributed by atoms with Crippen LogP contribution in [0.5, 0.6) is 0 Å². The van der Waals surface area contributed by atoms with Crippen LogP contribution in [0.3, 0.4) is 0 Å². The van der Waals surface area contributed by atoms with Crippen molar-refractivity contribution < 1.29 is 4.74 Å². The first-order valence-corrected chi connectivity index (χ1v) is 12.3. The number of rotatable bonds is 13. The third-order valence-corrected chi connectivity index (χ3v) is 5.86. The van der Waals surface area contributed by atoms with Crippen LogP contribution >= 0.6 is 11.8 Å². The van der Waals surface area contributed by atoms with E-state index in [1.165, 1.54) is 62.0 Å². The predicted octanol–water partition coefficient (Wildman–Crippen LogP) is 7.61. The van der Waals surface area contributed by atoms with Gasteiger partial charge in [0.15, 0.2) is 0 Å². The normalized spacial score (nSPS) is 11.5. The second-order valence-corrected chi connectivity index (χ2v) is 10.1. The van der Waals surface area contributed by atoms with Gasteiger partial charge < -0.3 is 4.74 Å². The summed E-state index contributed by atoms with van der Waals surface area (Å²) >= 11 is 2.08. The van der Waals surface area contributed by atoms with Crippen molar-refractivity contribution in [1.29, 1.82) is 0 Å². The zero-order valence-corrected chi connectivity index (χ0v) is 19.8. The quantitative estimate of drug-likeness (QED) is 0.248. The topological polar surface area (TPSA) is 9.23 Å². The van der Waals surface area contributed by atoms with E-state index in [4.69, 9.17) is 4.74 Å². The van der Waals surface area contributed by atoms with Gasteiger partial charge in [0, 0.05) is 18.6 Å². The van der Waals surface area contributed by atoms with Crippen molar-refractivity contribution in [2.24, 2.45) is 0 Å². The van der Waals surface area contributed by atoms with Crippen molar-refractivity contribution >= 4 is 11.8 Å². The van der Waals surface area contributed by atoms with E-state index in [0.29, 0.717) is 6.10 Å². The van der Waals surface area contributed by atoms with Gasteiger partial charge in [-0.2, -0.15) is 11.8 Å². The van der Waals surface area contributed by atoms with Gasteiger partial charge in [0.2, 0.25) is 0 Å². The van der Waals surface area contributed by atoms with Crippen molar-refractivity contribution in [3.63, 3.8) is 0 Å². The van der Waals surface area contributed by atoms with E-state index in [-0.39, 0.29) is 5.41 Å². The van der Waals surface area contributed by atoms with E-state index in [1.54, 1.807) is 0 Å². The Hall–Kier alpha value is -0.910. The highest BCUT2D eigenvalue weighted by Crippen LogP contribution is 2.22. The van der Waals surface area contributed by atoms with Crippen molar-refractivity contribution in [3.8, 4) is 11.8 Å². The zero-order valence-electron chi connectivity index (χ0n) is 19.0. The molecule has 0 heterocycles. The van der Waals surface area contributed by atoms with Gasteiger partial charge in [-0.3, -0.25) is 0 Å². The Morgan fingerprint density at radius 2 is 1.46 bits per heavy atom. The van der Waals surface area contributed by atoms with Crippen LogP contribution in [0.4, 0.5) is 0 Å². The standard InChI is InChI=1S/C26H42OS/c1-23(2)27-20-14-22-28-21-13-11-9-7-6-8-10-12-15-24-16-18-25(19-17-24)26(3,4)5/h16-19,23H,6-11,13-14,20-22H2,1-5H3. The molecular formula is C26H42OS. The Labute approximate surface area is 179 Å². The summed E-state index contributed by atoms with van der Waals surface area (Å²) in [7, 11) is 0. The summed E-state index contributed by atoms with van der Waals surface area (Å²) in [5.41, 5.74) is 2.73. The van der Waals surface area contributed by atoms with Gasteiger partial charge in [-0.25, -0.2) is 0 Å². The van der Waals surface area contributed by atoms with Gasteiger partial charge in [0.05, 0.1) is 6.10 Å². The lowest BCUT2D eigenvalue weighted by atomic mass is 9.87. The summed E-state index contributed by atoms with van der Waals surface area (Å²) in [4.78, 5) is 0. The van der Waals surface area contributed by atoms with E-state index in [2.05, 4.69) is 82.5 Å². The first-order chi connectivity index (χ1) is 13.4. The monoisotopic (exact) mass is 402 g/mol. The Kier molecular flexibility index (Phi) is 13.5. The summed E-state index contributed by atoms with van der Waals surface area (Å²) in [6.07, 6.45) is 10.6. The molecule has 28 heavy (non-hydrogen) atoms. The molecule has 1 aromatic carbocycles. The lowest BCUT2D eigenvalue weighted by Crippen LogP contribution is -2.10. The van der Waals surface area contributed by atoms with Crippen LogP contribution < -0.4 is 0 Å². The molecule has 0 atom stereocenters. The largest absolute Gasteiger partial charge is 0.379 e. The molecule has 0 aliphatic rings. The lowest BCUT2D eigenvalue weighted by molar-refractivity contribution is 0.0800. The van der Waals surface area contributed by atoms with E-state index < -0.39 is 0 Å². The molecule has 0 spiro atoms. The third-order valence-electron chi connectivity index (χ3n) is 4.71. The summed E-state index contributed by atoms with van der Waals surface area (Å²) in [6.45, 7) is 11.9. The zero-order chi connectivity index (χ0) is 20.7. The average Bonchev–Trinajstić information content (AvgIpc) is 2.64. The highest BCUT2D eigenvalue weighted by atomic mass is 32.2. The lowest BCUT2D eigenvalue weighted by Gasteiger charge is -2.18. The van der Waals surface area contributed by atoms with E-state index in [0.717, 1.165) is 18.6 Å². The molecule has 0 fully saturated rings. The van der Waals surface area contributed by atoms with E-state index in [1.807, 2.05) is 0 Å². The molecule has 2 heteroatoms. The molecule has 0 radical (unpaired) electrons. The minimum Gasteiger partial charge on any atom is -0.379 e. The van der Waals surface area contributed by atoms with Gasteiger partial charge >= 0.3 is 0 Å². The van der Waals surface area contributed by atoms with Crippen molar-refractivity contribution in [2.45, 2.75) is 97.5 Å². The van der Waals surface area contributed by atoms with Crippen molar-refractivity contribution in [1.82, 2.24) is 0 Å². The Morgan fingerprint density at radius 3 is 2.11 bits per heavy atom. The second-order valence-electron chi connectivity index (χ2n) is 8.89. The molecule has 1 rings (SSSR count). The van der Waals surface area contributed by atoms with E-state index >= 15 is 0 Å². The SMILES string of the molecule is CC(C)OCCCSCCCCCCCCC#Cc1ccc(C(C)(C)C)cc1. The Morgan fingerprint density at radius 1 is 0.857 bits per heavy atom. The maximum absolute atomic E-state index is 5.56. The summed E-state index contributed by atoms with van der Waals surface area (Å²) < 4.78 is 5.56. The minimum absolute atomic E-state index is 0.215. The number of thioether (sulfide) groups is 1. The maximum atomic E-state index is 5.56. The van der Waals surface area contributed by atoms with Gasteiger partial charge in [0.25, 0.3) is 0 Å². The molecule has 1 nitrogen and oxygen atoms in total. The number of benzene rings is 1. The van der Waals surface area contributed by atoms with Crippen molar-refractivity contribution in [3.05, 3.63) is 35.4 Å². The smallest absolute Gasteiger partial charge is 0.0518 e. The second kappa shape index (κ2) is 15.0. The first kappa shape index (κ1) is 25.1. The third kappa shape index (κ3) is 13.3.